The van der Waals surface area contributed by atoms with Crippen LogP contribution < -0.4 is 5.73 Å². The second kappa shape index (κ2) is 3.23. The highest BCUT2D eigenvalue weighted by Crippen LogP contribution is 2.23. The van der Waals surface area contributed by atoms with Crippen LogP contribution in [0.25, 0.3) is 0 Å². The Balaban J connectivity index is 3.14. The number of hydrogen-bond donors (Lipinski definition) is 1. The van der Waals surface area contributed by atoms with Crippen LogP contribution in [0, 0.1) is 0 Å². The van der Waals surface area contributed by atoms with Gasteiger partial charge >= 0.3 is 0 Å². The third kappa shape index (κ3) is 1.83. The summed E-state index contributed by atoms with van der Waals surface area (Å²) in [6.07, 6.45) is 1.79. The molecule has 0 saturated heterocycles. The van der Waals surface area contributed by atoms with Crippen molar-refractivity contribution in [3.8, 4) is 0 Å². The van der Waals surface area contributed by atoms with Crippen LogP contribution in [0.1, 0.15) is 32.0 Å². The lowest BCUT2D eigenvalue weighted by molar-refractivity contribution is 0.577. The smallest absolute Gasteiger partial charge is 0.0576 e. The standard InChI is InChI=1S/C10H16N2/c1-10(2,3)8-5-4-6-12-9(8)7-11/h4-6H,7,11H2,1-3H3. The molecule has 0 fully saturated rings. The molecule has 2 heteroatoms. The van der Waals surface area contributed by atoms with E-state index in [0.717, 1.165) is 5.69 Å². The predicted molar refractivity (Wildman–Crippen MR) is 50.8 cm³/mol. The van der Waals surface area contributed by atoms with Gasteiger partial charge in [0.05, 0.1) is 5.69 Å². The molecule has 0 radical (unpaired) electrons. The van der Waals surface area contributed by atoms with Crippen molar-refractivity contribution in [2.24, 2.45) is 5.73 Å². The number of rotatable bonds is 1. The van der Waals surface area contributed by atoms with Gasteiger partial charge in [-0.15, -0.1) is 0 Å². The lowest BCUT2D eigenvalue weighted by Crippen LogP contribution is -2.17. The van der Waals surface area contributed by atoms with E-state index in [2.05, 4.69) is 31.8 Å². The fourth-order valence-electron chi connectivity index (χ4n) is 1.28. The van der Waals surface area contributed by atoms with Crippen molar-refractivity contribution in [2.75, 3.05) is 0 Å². The molecule has 12 heavy (non-hydrogen) atoms. The van der Waals surface area contributed by atoms with Gasteiger partial charge in [0, 0.05) is 12.7 Å². The van der Waals surface area contributed by atoms with E-state index in [0.29, 0.717) is 6.54 Å². The summed E-state index contributed by atoms with van der Waals surface area (Å²) in [6.45, 7) is 7.03. The highest BCUT2D eigenvalue weighted by Gasteiger charge is 2.16. The number of nitrogens with two attached hydrogens (primary N) is 1. The van der Waals surface area contributed by atoms with Crippen LogP contribution in [-0.2, 0) is 12.0 Å². The summed E-state index contributed by atoms with van der Waals surface area (Å²) in [4.78, 5) is 4.24. The summed E-state index contributed by atoms with van der Waals surface area (Å²) in [5.74, 6) is 0. The zero-order valence-electron chi connectivity index (χ0n) is 7.96. The molecule has 0 unspecified atom stereocenters. The van der Waals surface area contributed by atoms with Gasteiger partial charge in [-0.3, -0.25) is 4.98 Å². The summed E-state index contributed by atoms with van der Waals surface area (Å²) < 4.78 is 0. The molecule has 0 bridgehead atoms. The van der Waals surface area contributed by atoms with Crippen molar-refractivity contribution in [2.45, 2.75) is 32.7 Å². The monoisotopic (exact) mass is 164 g/mol. The Bertz CT molecular complexity index is 261. The van der Waals surface area contributed by atoms with E-state index in [9.17, 15) is 0 Å². The van der Waals surface area contributed by atoms with Crippen LogP contribution in [0.5, 0.6) is 0 Å². The Hall–Kier alpha value is -0.890. The molecule has 0 aliphatic carbocycles. The fraction of sp³-hybridized carbons (Fsp3) is 0.500. The lowest BCUT2D eigenvalue weighted by atomic mass is 9.86. The Kier molecular flexibility index (Phi) is 2.48. The molecule has 2 nitrogen and oxygen atoms in total. The van der Waals surface area contributed by atoms with E-state index in [1.165, 1.54) is 5.56 Å². The largest absolute Gasteiger partial charge is 0.325 e. The first-order valence-corrected chi connectivity index (χ1v) is 4.20. The van der Waals surface area contributed by atoms with Crippen molar-refractivity contribution in [3.63, 3.8) is 0 Å². The van der Waals surface area contributed by atoms with Crippen LogP contribution in [-0.4, -0.2) is 4.98 Å². The van der Waals surface area contributed by atoms with Crippen LogP contribution >= 0.6 is 0 Å². The van der Waals surface area contributed by atoms with E-state index >= 15 is 0 Å². The molecule has 1 rings (SSSR count). The van der Waals surface area contributed by atoms with Gasteiger partial charge in [0.2, 0.25) is 0 Å². The Morgan fingerprint density at radius 2 is 2.08 bits per heavy atom. The van der Waals surface area contributed by atoms with Crippen LogP contribution in [0.15, 0.2) is 18.3 Å². The zero-order valence-corrected chi connectivity index (χ0v) is 7.96. The number of nitrogens with zero attached hydrogens (tertiary/aromatic N) is 1. The van der Waals surface area contributed by atoms with E-state index in [-0.39, 0.29) is 5.41 Å². The lowest BCUT2D eigenvalue weighted by Gasteiger charge is -2.21. The van der Waals surface area contributed by atoms with E-state index < -0.39 is 0 Å². The molecule has 0 aromatic carbocycles. The third-order valence-electron chi connectivity index (χ3n) is 1.89. The first-order valence-electron chi connectivity index (χ1n) is 4.20. The van der Waals surface area contributed by atoms with Gasteiger partial charge in [-0.1, -0.05) is 26.8 Å². The minimum atomic E-state index is 0.142. The van der Waals surface area contributed by atoms with Gasteiger partial charge in [0.15, 0.2) is 0 Å². The molecule has 2 N–H and O–H groups in total. The molecule has 1 heterocycles. The van der Waals surface area contributed by atoms with Crippen molar-refractivity contribution in [1.29, 1.82) is 0 Å². The predicted octanol–water partition coefficient (Wildman–Crippen LogP) is 1.84. The molecule has 0 spiro atoms. The van der Waals surface area contributed by atoms with Gasteiger partial charge in [-0.05, 0) is 17.0 Å². The second-order valence-corrected chi connectivity index (χ2v) is 3.95. The SMILES string of the molecule is CC(C)(C)c1cccnc1CN. The molecule has 0 amide bonds. The summed E-state index contributed by atoms with van der Waals surface area (Å²) in [6, 6.07) is 4.05. The average molecular weight is 164 g/mol. The van der Waals surface area contributed by atoms with Crippen molar-refractivity contribution >= 4 is 0 Å². The topological polar surface area (TPSA) is 38.9 Å². The van der Waals surface area contributed by atoms with Gasteiger partial charge < -0.3 is 5.73 Å². The van der Waals surface area contributed by atoms with Gasteiger partial charge in [-0.25, -0.2) is 0 Å². The number of pyridine rings is 1. The maximum Gasteiger partial charge on any atom is 0.0576 e. The Labute approximate surface area is 73.8 Å². The molecular weight excluding hydrogens is 148 g/mol. The van der Waals surface area contributed by atoms with Gasteiger partial charge in [0.1, 0.15) is 0 Å². The Morgan fingerprint density at radius 1 is 1.42 bits per heavy atom. The fourth-order valence-corrected chi connectivity index (χ4v) is 1.28. The molecule has 0 aliphatic heterocycles. The number of hydrogen-bond acceptors (Lipinski definition) is 2. The van der Waals surface area contributed by atoms with E-state index in [1.54, 1.807) is 6.20 Å². The van der Waals surface area contributed by atoms with Gasteiger partial charge in [0.25, 0.3) is 0 Å². The first kappa shape index (κ1) is 9.20. The van der Waals surface area contributed by atoms with Crippen LogP contribution in [0.3, 0.4) is 0 Å². The summed E-state index contributed by atoms with van der Waals surface area (Å²) in [7, 11) is 0. The molecule has 0 aliphatic rings. The van der Waals surface area contributed by atoms with Crippen molar-refractivity contribution < 1.29 is 0 Å². The average Bonchev–Trinajstić information content (AvgIpc) is 2.03. The quantitative estimate of drug-likeness (QED) is 0.687. The minimum absolute atomic E-state index is 0.142. The maximum atomic E-state index is 5.58. The maximum absolute atomic E-state index is 5.58. The summed E-state index contributed by atoms with van der Waals surface area (Å²) in [5, 5.41) is 0. The number of aromatic nitrogens is 1. The molecule has 0 saturated carbocycles. The minimum Gasteiger partial charge on any atom is -0.325 e. The highest BCUT2D eigenvalue weighted by molar-refractivity contribution is 5.26. The molecular formula is C10H16N2. The Morgan fingerprint density at radius 3 is 2.50 bits per heavy atom. The molecule has 1 aromatic heterocycles. The van der Waals surface area contributed by atoms with E-state index in [4.69, 9.17) is 5.73 Å². The first-order chi connectivity index (χ1) is 5.55. The highest BCUT2D eigenvalue weighted by atomic mass is 14.7. The van der Waals surface area contributed by atoms with Crippen molar-refractivity contribution in [3.05, 3.63) is 29.6 Å². The summed E-state index contributed by atoms with van der Waals surface area (Å²) >= 11 is 0. The van der Waals surface area contributed by atoms with Crippen LogP contribution in [0.2, 0.25) is 0 Å². The zero-order chi connectivity index (χ0) is 9.19. The normalized spacial score (nSPS) is 11.7. The summed E-state index contributed by atoms with van der Waals surface area (Å²) in [5.41, 5.74) is 7.97. The molecule has 0 atom stereocenters. The van der Waals surface area contributed by atoms with Crippen LogP contribution in [0.4, 0.5) is 0 Å². The third-order valence-corrected chi connectivity index (χ3v) is 1.89. The molecule has 66 valence electrons. The molecule has 1 aromatic rings. The van der Waals surface area contributed by atoms with Gasteiger partial charge in [-0.2, -0.15) is 0 Å². The second-order valence-electron chi connectivity index (χ2n) is 3.95. The van der Waals surface area contributed by atoms with Crippen molar-refractivity contribution in [1.82, 2.24) is 4.98 Å². The van der Waals surface area contributed by atoms with E-state index in [1.807, 2.05) is 6.07 Å².